The molecule has 1 aromatic rings. The van der Waals surface area contributed by atoms with Crippen molar-refractivity contribution in [2.24, 2.45) is 11.8 Å². The molecular weight excluding hydrogens is 350 g/mol. The number of Topliss-reactive ketones (excluding diaryl/α,β-unsaturated/α-hetero) is 1. The van der Waals surface area contributed by atoms with Crippen LogP contribution in [0.4, 0.5) is 0 Å². The molecule has 0 saturated carbocycles. The molecule has 0 spiro atoms. The molecule has 3 rings (SSSR count). The minimum Gasteiger partial charge on any atom is -0.468 e. The first kappa shape index (κ1) is 18.8. The Morgan fingerprint density at radius 1 is 1.04 bits per heavy atom. The number of allylic oxidation sites excluding steroid dienone is 2. The van der Waals surface area contributed by atoms with Gasteiger partial charge < -0.3 is 14.8 Å². The van der Waals surface area contributed by atoms with Crippen LogP contribution in [0.15, 0.2) is 35.5 Å². The van der Waals surface area contributed by atoms with Crippen LogP contribution in [0.2, 0.25) is 0 Å². The van der Waals surface area contributed by atoms with Crippen molar-refractivity contribution < 1.29 is 28.7 Å². The number of carbonyl (C=O) groups excluding carboxylic acids is 4. The maximum Gasteiger partial charge on any atom is 0.337 e. The van der Waals surface area contributed by atoms with Crippen molar-refractivity contribution in [3.05, 3.63) is 46.7 Å². The number of carbonyl (C=O) groups is 4. The number of nitrogens with one attached hydrogen (secondary N) is 1. The van der Waals surface area contributed by atoms with Gasteiger partial charge in [0, 0.05) is 23.6 Å². The molecule has 0 unspecified atom stereocenters. The maximum absolute atomic E-state index is 13.1. The molecular formula is C20H21NO6. The Morgan fingerprint density at radius 2 is 1.70 bits per heavy atom. The number of esters is 2. The van der Waals surface area contributed by atoms with Gasteiger partial charge in [-0.3, -0.25) is 14.4 Å². The van der Waals surface area contributed by atoms with Crippen molar-refractivity contribution in [2.45, 2.75) is 25.7 Å². The number of hydrogen-bond donors (Lipinski definition) is 1. The van der Waals surface area contributed by atoms with Gasteiger partial charge in [0.1, 0.15) is 5.92 Å². The van der Waals surface area contributed by atoms with E-state index in [1.807, 2.05) is 0 Å². The van der Waals surface area contributed by atoms with E-state index >= 15 is 0 Å². The standard InChI is InChI=1S/C20H21NO6/c1-10-8-14-17(18(23)16(10)20(25)27-3)13(9-15(22)21-14)11-4-6-12(7-5-11)19(24)26-2/h4-7,10,13,16H,8-9H2,1-3H3,(H,21,22)/t10-,13+,16+/m1/s1. The Bertz CT molecular complexity index is 839. The van der Waals surface area contributed by atoms with E-state index in [2.05, 4.69) is 10.1 Å². The zero-order chi connectivity index (χ0) is 19.7. The SMILES string of the molecule is COC(=O)c1ccc([C@@H]2CC(=O)NC3=C2C(=O)[C@@H](C(=O)OC)[C@H](C)C3)cc1. The second-order valence-electron chi connectivity index (χ2n) is 6.86. The van der Waals surface area contributed by atoms with Crippen molar-refractivity contribution in [2.75, 3.05) is 14.2 Å². The van der Waals surface area contributed by atoms with Crippen LogP contribution in [0.25, 0.3) is 0 Å². The van der Waals surface area contributed by atoms with E-state index in [9.17, 15) is 19.2 Å². The van der Waals surface area contributed by atoms with Crippen LogP contribution in [0.1, 0.15) is 41.6 Å². The van der Waals surface area contributed by atoms with Crippen molar-refractivity contribution in [1.82, 2.24) is 5.32 Å². The molecule has 27 heavy (non-hydrogen) atoms. The van der Waals surface area contributed by atoms with Gasteiger partial charge in [-0.2, -0.15) is 0 Å². The van der Waals surface area contributed by atoms with Crippen LogP contribution in [-0.2, 0) is 23.9 Å². The molecule has 0 fully saturated rings. The Balaban J connectivity index is 2.01. The predicted octanol–water partition coefficient (Wildman–Crippen LogP) is 1.73. The van der Waals surface area contributed by atoms with Gasteiger partial charge in [-0.25, -0.2) is 4.79 Å². The minimum atomic E-state index is -0.874. The fraction of sp³-hybridized carbons (Fsp3) is 0.400. The Kier molecular flexibility index (Phi) is 5.12. The Hall–Kier alpha value is -2.96. The number of hydrogen-bond acceptors (Lipinski definition) is 6. The largest absolute Gasteiger partial charge is 0.468 e. The van der Waals surface area contributed by atoms with E-state index in [0.717, 1.165) is 5.56 Å². The summed E-state index contributed by atoms with van der Waals surface area (Å²) in [6.45, 7) is 1.80. The van der Waals surface area contributed by atoms with Crippen LogP contribution >= 0.6 is 0 Å². The molecule has 0 aromatic heterocycles. The molecule has 3 atom stereocenters. The van der Waals surface area contributed by atoms with Crippen molar-refractivity contribution in [3.63, 3.8) is 0 Å². The van der Waals surface area contributed by atoms with E-state index in [-0.39, 0.29) is 24.0 Å². The first-order chi connectivity index (χ1) is 12.9. The molecule has 0 saturated heterocycles. The number of amides is 1. The van der Waals surface area contributed by atoms with E-state index < -0.39 is 23.8 Å². The van der Waals surface area contributed by atoms with Crippen LogP contribution in [0, 0.1) is 11.8 Å². The monoisotopic (exact) mass is 371 g/mol. The lowest BCUT2D eigenvalue weighted by atomic mass is 9.70. The lowest BCUT2D eigenvalue weighted by Gasteiger charge is -2.36. The van der Waals surface area contributed by atoms with Gasteiger partial charge in [0.2, 0.25) is 5.91 Å². The highest BCUT2D eigenvalue weighted by atomic mass is 16.5. The molecule has 1 aliphatic carbocycles. The quantitative estimate of drug-likeness (QED) is 0.642. The summed E-state index contributed by atoms with van der Waals surface area (Å²) in [5, 5.41) is 2.79. The summed E-state index contributed by atoms with van der Waals surface area (Å²) in [4.78, 5) is 49.0. The molecule has 1 amide bonds. The molecule has 0 bridgehead atoms. The summed E-state index contributed by atoms with van der Waals surface area (Å²) in [5.41, 5.74) is 2.14. The van der Waals surface area contributed by atoms with Crippen molar-refractivity contribution in [3.8, 4) is 0 Å². The van der Waals surface area contributed by atoms with Crippen LogP contribution in [0.3, 0.4) is 0 Å². The third kappa shape index (κ3) is 3.37. The first-order valence-electron chi connectivity index (χ1n) is 8.70. The first-order valence-corrected chi connectivity index (χ1v) is 8.70. The van der Waals surface area contributed by atoms with E-state index in [1.54, 1.807) is 31.2 Å². The smallest absolute Gasteiger partial charge is 0.337 e. The van der Waals surface area contributed by atoms with Gasteiger partial charge in [-0.05, 0) is 30.0 Å². The maximum atomic E-state index is 13.1. The van der Waals surface area contributed by atoms with Gasteiger partial charge in [-0.1, -0.05) is 19.1 Å². The normalized spacial score (nSPS) is 24.8. The molecule has 1 N–H and O–H groups in total. The number of ketones is 1. The Morgan fingerprint density at radius 3 is 2.30 bits per heavy atom. The molecule has 0 radical (unpaired) electrons. The minimum absolute atomic E-state index is 0.102. The summed E-state index contributed by atoms with van der Waals surface area (Å²) in [7, 11) is 2.56. The summed E-state index contributed by atoms with van der Waals surface area (Å²) in [5.74, 6) is -3.10. The third-order valence-corrected chi connectivity index (χ3v) is 5.19. The molecule has 7 nitrogen and oxygen atoms in total. The van der Waals surface area contributed by atoms with Crippen molar-refractivity contribution in [1.29, 1.82) is 0 Å². The molecule has 7 heteroatoms. The Labute approximate surface area is 156 Å². The van der Waals surface area contributed by atoms with Crippen LogP contribution in [-0.4, -0.2) is 37.8 Å². The van der Waals surface area contributed by atoms with Gasteiger partial charge in [0.05, 0.1) is 19.8 Å². The molecule has 142 valence electrons. The molecule has 2 aliphatic rings. The zero-order valence-electron chi connectivity index (χ0n) is 15.4. The van der Waals surface area contributed by atoms with Gasteiger partial charge in [0.25, 0.3) is 0 Å². The van der Waals surface area contributed by atoms with Crippen LogP contribution in [0.5, 0.6) is 0 Å². The number of benzene rings is 1. The second-order valence-corrected chi connectivity index (χ2v) is 6.86. The molecule has 1 aliphatic heterocycles. The van der Waals surface area contributed by atoms with E-state index in [4.69, 9.17) is 4.74 Å². The second kappa shape index (κ2) is 7.34. The zero-order valence-corrected chi connectivity index (χ0v) is 15.4. The fourth-order valence-corrected chi connectivity index (χ4v) is 3.85. The molecule has 1 aromatic carbocycles. The topological polar surface area (TPSA) is 98.8 Å². The molecule has 1 heterocycles. The highest BCUT2D eigenvalue weighted by molar-refractivity contribution is 6.11. The van der Waals surface area contributed by atoms with E-state index in [1.165, 1.54) is 14.2 Å². The number of methoxy groups -OCH3 is 2. The lowest BCUT2D eigenvalue weighted by Crippen LogP contribution is -2.44. The highest BCUT2D eigenvalue weighted by Gasteiger charge is 2.45. The summed E-state index contributed by atoms with van der Waals surface area (Å²) in [6.07, 6.45) is 0.522. The van der Waals surface area contributed by atoms with Crippen LogP contribution < -0.4 is 5.32 Å². The number of ether oxygens (including phenoxy) is 2. The highest BCUT2D eigenvalue weighted by Crippen LogP contribution is 2.42. The fourth-order valence-electron chi connectivity index (χ4n) is 3.85. The summed E-state index contributed by atoms with van der Waals surface area (Å²) >= 11 is 0. The van der Waals surface area contributed by atoms with Crippen molar-refractivity contribution >= 4 is 23.6 Å². The van der Waals surface area contributed by atoms with Gasteiger partial charge in [-0.15, -0.1) is 0 Å². The van der Waals surface area contributed by atoms with E-state index in [0.29, 0.717) is 23.3 Å². The summed E-state index contributed by atoms with van der Waals surface area (Å²) < 4.78 is 9.49. The third-order valence-electron chi connectivity index (χ3n) is 5.19. The average molecular weight is 371 g/mol. The van der Waals surface area contributed by atoms with Gasteiger partial charge >= 0.3 is 11.9 Å². The number of rotatable bonds is 3. The predicted molar refractivity (Wildman–Crippen MR) is 94.6 cm³/mol. The lowest BCUT2D eigenvalue weighted by molar-refractivity contribution is -0.151. The average Bonchev–Trinajstić information content (AvgIpc) is 2.66. The van der Waals surface area contributed by atoms with Gasteiger partial charge in [0.15, 0.2) is 5.78 Å². The summed E-state index contributed by atoms with van der Waals surface area (Å²) in [6, 6.07) is 6.61.